The minimum absolute atomic E-state index is 0.287. The van der Waals surface area contributed by atoms with Crippen LogP contribution in [0.15, 0.2) is 66.9 Å². The number of anilines is 3. The van der Waals surface area contributed by atoms with Gasteiger partial charge in [0, 0.05) is 23.3 Å². The largest absolute Gasteiger partial charge is 0.462 e. The van der Waals surface area contributed by atoms with E-state index in [9.17, 15) is 9.59 Å². The Balaban J connectivity index is 1.66. The molecule has 29 heavy (non-hydrogen) atoms. The van der Waals surface area contributed by atoms with Gasteiger partial charge in [0.2, 0.25) is 0 Å². The number of benzene rings is 2. The number of amides is 1. The molecule has 1 aromatic heterocycles. The molecule has 0 saturated carbocycles. The molecule has 2 aromatic carbocycles. The molecule has 2 N–H and O–H groups in total. The van der Waals surface area contributed by atoms with E-state index in [0.717, 1.165) is 17.8 Å². The molecule has 0 unspecified atom stereocenters. The average molecular weight is 389 g/mol. The predicted molar refractivity (Wildman–Crippen MR) is 114 cm³/mol. The molecule has 6 nitrogen and oxygen atoms in total. The van der Waals surface area contributed by atoms with Crippen molar-refractivity contribution in [2.45, 2.75) is 20.3 Å². The third-order valence-corrected chi connectivity index (χ3v) is 4.30. The van der Waals surface area contributed by atoms with Crippen LogP contribution in [0.3, 0.4) is 0 Å². The molecule has 0 atom stereocenters. The first-order valence-corrected chi connectivity index (χ1v) is 9.49. The summed E-state index contributed by atoms with van der Waals surface area (Å²) >= 11 is 0. The number of ether oxygens (including phenoxy) is 1. The molecule has 1 amide bonds. The van der Waals surface area contributed by atoms with Crippen LogP contribution in [-0.2, 0) is 11.2 Å². The highest BCUT2D eigenvalue weighted by Crippen LogP contribution is 2.18. The third kappa shape index (κ3) is 5.42. The van der Waals surface area contributed by atoms with E-state index >= 15 is 0 Å². The van der Waals surface area contributed by atoms with E-state index in [0.29, 0.717) is 17.9 Å². The standard InChI is InChI=1S/C23H23N3O3/c1-3-16-5-9-18(10-6-16)25-20-13-14-24-21(15-20)22(27)26-19-11-7-17(8-12-19)23(28)29-4-2/h5-15H,3-4H2,1-2H3,(H,24,25)(H,26,27). The number of esters is 1. The third-order valence-electron chi connectivity index (χ3n) is 4.30. The maximum Gasteiger partial charge on any atom is 0.338 e. The molecule has 0 aliphatic rings. The van der Waals surface area contributed by atoms with Crippen molar-refractivity contribution in [1.82, 2.24) is 4.98 Å². The lowest BCUT2D eigenvalue weighted by Gasteiger charge is -2.09. The van der Waals surface area contributed by atoms with Crippen LogP contribution >= 0.6 is 0 Å². The lowest BCUT2D eigenvalue weighted by molar-refractivity contribution is 0.0526. The molecule has 3 rings (SSSR count). The van der Waals surface area contributed by atoms with Gasteiger partial charge in [0.15, 0.2) is 0 Å². The number of carbonyl (C=O) groups excluding carboxylic acids is 2. The Kier molecular flexibility index (Phi) is 6.58. The van der Waals surface area contributed by atoms with Crippen LogP contribution < -0.4 is 10.6 Å². The average Bonchev–Trinajstić information content (AvgIpc) is 2.75. The molecule has 3 aromatic rings. The van der Waals surface area contributed by atoms with Crippen molar-refractivity contribution in [3.05, 3.63) is 83.7 Å². The SMILES string of the molecule is CCOC(=O)c1ccc(NC(=O)c2cc(Nc3ccc(CC)cc3)ccn2)cc1. The van der Waals surface area contributed by atoms with Crippen LogP contribution in [0.2, 0.25) is 0 Å². The molecule has 0 fully saturated rings. The first-order valence-electron chi connectivity index (χ1n) is 9.49. The minimum Gasteiger partial charge on any atom is -0.462 e. The van der Waals surface area contributed by atoms with Gasteiger partial charge in [0.05, 0.1) is 12.2 Å². The highest BCUT2D eigenvalue weighted by Gasteiger charge is 2.10. The number of hydrogen-bond acceptors (Lipinski definition) is 5. The van der Waals surface area contributed by atoms with Gasteiger partial charge in [-0.15, -0.1) is 0 Å². The highest BCUT2D eigenvalue weighted by molar-refractivity contribution is 6.03. The van der Waals surface area contributed by atoms with Gasteiger partial charge in [-0.25, -0.2) is 4.79 Å². The predicted octanol–water partition coefficient (Wildman–Crippen LogP) is 4.82. The van der Waals surface area contributed by atoms with Crippen LogP contribution in [-0.4, -0.2) is 23.5 Å². The summed E-state index contributed by atoms with van der Waals surface area (Å²) in [5, 5.41) is 6.06. The molecular formula is C23H23N3O3. The summed E-state index contributed by atoms with van der Waals surface area (Å²) in [7, 11) is 0. The van der Waals surface area contributed by atoms with Gasteiger partial charge in [-0.2, -0.15) is 0 Å². The van der Waals surface area contributed by atoms with Gasteiger partial charge in [-0.05, 0) is 67.4 Å². The number of nitrogens with zero attached hydrogens (tertiary/aromatic N) is 1. The summed E-state index contributed by atoms with van der Waals surface area (Å²) in [6.45, 7) is 4.18. The zero-order valence-electron chi connectivity index (χ0n) is 16.4. The van der Waals surface area contributed by atoms with Crippen LogP contribution in [0.5, 0.6) is 0 Å². The molecule has 0 spiro atoms. The number of pyridine rings is 1. The van der Waals surface area contributed by atoms with Crippen molar-refractivity contribution in [2.75, 3.05) is 17.2 Å². The number of rotatable bonds is 7. The highest BCUT2D eigenvalue weighted by atomic mass is 16.5. The second kappa shape index (κ2) is 9.50. The van der Waals surface area contributed by atoms with Crippen molar-refractivity contribution in [3.8, 4) is 0 Å². The van der Waals surface area contributed by atoms with E-state index in [4.69, 9.17) is 4.74 Å². The van der Waals surface area contributed by atoms with Crippen molar-refractivity contribution in [2.24, 2.45) is 0 Å². The van der Waals surface area contributed by atoms with Gasteiger partial charge in [-0.1, -0.05) is 19.1 Å². The Morgan fingerprint density at radius 2 is 1.59 bits per heavy atom. The van der Waals surface area contributed by atoms with Gasteiger partial charge in [-0.3, -0.25) is 9.78 Å². The Hall–Kier alpha value is -3.67. The molecule has 0 saturated heterocycles. The number of carbonyl (C=O) groups is 2. The summed E-state index contributed by atoms with van der Waals surface area (Å²) in [6, 6.07) is 18.2. The van der Waals surface area contributed by atoms with Crippen LogP contribution in [0, 0.1) is 0 Å². The minimum atomic E-state index is -0.391. The van der Waals surface area contributed by atoms with Crippen molar-refractivity contribution in [3.63, 3.8) is 0 Å². The number of aryl methyl sites for hydroxylation is 1. The first-order chi connectivity index (χ1) is 14.1. The summed E-state index contributed by atoms with van der Waals surface area (Å²) in [5.41, 5.74) is 4.26. The maximum atomic E-state index is 12.5. The Bertz CT molecular complexity index is 983. The first kappa shape index (κ1) is 20.1. The van der Waals surface area contributed by atoms with Crippen LogP contribution in [0.4, 0.5) is 17.1 Å². The van der Waals surface area contributed by atoms with Crippen molar-refractivity contribution < 1.29 is 14.3 Å². The second-order valence-electron chi connectivity index (χ2n) is 6.36. The fourth-order valence-corrected chi connectivity index (χ4v) is 2.72. The van der Waals surface area contributed by atoms with E-state index in [1.165, 1.54) is 5.56 Å². The molecule has 1 heterocycles. The van der Waals surface area contributed by atoms with E-state index in [1.54, 1.807) is 49.5 Å². The monoisotopic (exact) mass is 389 g/mol. The van der Waals surface area contributed by atoms with Crippen LogP contribution in [0.1, 0.15) is 40.3 Å². The van der Waals surface area contributed by atoms with Gasteiger partial charge in [0.1, 0.15) is 5.69 Å². The van der Waals surface area contributed by atoms with Gasteiger partial charge < -0.3 is 15.4 Å². The fourth-order valence-electron chi connectivity index (χ4n) is 2.72. The number of hydrogen-bond donors (Lipinski definition) is 2. The number of nitrogens with one attached hydrogen (secondary N) is 2. The van der Waals surface area contributed by atoms with Gasteiger partial charge in [0.25, 0.3) is 5.91 Å². The Labute approximate surface area is 169 Å². The van der Waals surface area contributed by atoms with Crippen LogP contribution in [0.25, 0.3) is 0 Å². The Morgan fingerprint density at radius 3 is 2.24 bits per heavy atom. The van der Waals surface area contributed by atoms with Crippen molar-refractivity contribution in [1.29, 1.82) is 0 Å². The molecule has 148 valence electrons. The molecule has 0 radical (unpaired) electrons. The molecule has 0 bridgehead atoms. The van der Waals surface area contributed by atoms with Gasteiger partial charge >= 0.3 is 5.97 Å². The fraction of sp³-hybridized carbons (Fsp3) is 0.174. The normalized spacial score (nSPS) is 10.3. The van der Waals surface area contributed by atoms with E-state index < -0.39 is 5.97 Å². The molecule has 0 aliphatic heterocycles. The van der Waals surface area contributed by atoms with E-state index in [-0.39, 0.29) is 11.6 Å². The van der Waals surface area contributed by atoms with Crippen molar-refractivity contribution >= 4 is 28.9 Å². The molecular weight excluding hydrogens is 366 g/mol. The summed E-state index contributed by atoms with van der Waals surface area (Å²) < 4.78 is 4.95. The zero-order valence-corrected chi connectivity index (χ0v) is 16.4. The lowest BCUT2D eigenvalue weighted by Crippen LogP contribution is -2.14. The second-order valence-corrected chi connectivity index (χ2v) is 6.36. The molecule has 6 heteroatoms. The smallest absolute Gasteiger partial charge is 0.338 e. The maximum absolute atomic E-state index is 12.5. The zero-order chi connectivity index (χ0) is 20.6. The summed E-state index contributed by atoms with van der Waals surface area (Å²) in [4.78, 5) is 28.4. The Morgan fingerprint density at radius 1 is 0.897 bits per heavy atom. The van der Waals surface area contributed by atoms with E-state index in [2.05, 4.69) is 34.7 Å². The lowest BCUT2D eigenvalue weighted by atomic mass is 10.1. The summed E-state index contributed by atoms with van der Waals surface area (Å²) in [6.07, 6.45) is 2.57. The summed E-state index contributed by atoms with van der Waals surface area (Å²) in [5.74, 6) is -0.725. The molecule has 0 aliphatic carbocycles. The number of aromatic nitrogens is 1. The topological polar surface area (TPSA) is 80.3 Å². The van der Waals surface area contributed by atoms with E-state index in [1.807, 2.05) is 12.1 Å². The quantitative estimate of drug-likeness (QED) is 0.567.